The van der Waals surface area contributed by atoms with Crippen molar-refractivity contribution >= 4 is 40.8 Å². The number of anilines is 2. The van der Waals surface area contributed by atoms with Gasteiger partial charge in [-0.15, -0.1) is 0 Å². The van der Waals surface area contributed by atoms with Gasteiger partial charge in [0.2, 0.25) is 0 Å². The standard InChI is InChI=1S/C30H31ClN6O5S/c1-30(32)9-11-37(12-10-30)23-14-34-24(15-33-23)43-22-6-4-5-19(26(22)31)35-28(40)25-27(39)18(16-36(2)29(25)41)17-7-8-20(38)21(13-17)42-3/h4-8,13-16,38-39H,9-12,32H2,1-3H3,(H,35,40). The van der Waals surface area contributed by atoms with Crippen molar-refractivity contribution in [3.05, 3.63) is 75.9 Å². The summed E-state index contributed by atoms with van der Waals surface area (Å²) in [4.78, 5) is 38.2. The Morgan fingerprint density at radius 3 is 2.58 bits per heavy atom. The number of aromatic nitrogens is 3. The van der Waals surface area contributed by atoms with Gasteiger partial charge in [-0.25, -0.2) is 9.97 Å². The number of phenolic OH excluding ortho intramolecular Hbond substituents is 1. The van der Waals surface area contributed by atoms with E-state index in [1.54, 1.807) is 30.6 Å². The van der Waals surface area contributed by atoms with Crippen molar-refractivity contribution in [3.8, 4) is 28.4 Å². The third-order valence-electron chi connectivity index (χ3n) is 7.34. The molecule has 0 bridgehead atoms. The lowest BCUT2D eigenvalue weighted by Gasteiger charge is -2.37. The van der Waals surface area contributed by atoms with Crippen LogP contribution in [0.25, 0.3) is 11.1 Å². The zero-order valence-corrected chi connectivity index (χ0v) is 25.4. The number of aryl methyl sites for hydroxylation is 1. The Kier molecular flexibility index (Phi) is 8.54. The van der Waals surface area contributed by atoms with E-state index in [9.17, 15) is 19.8 Å². The first-order valence-electron chi connectivity index (χ1n) is 13.4. The molecule has 2 aromatic carbocycles. The second-order valence-electron chi connectivity index (χ2n) is 10.6. The lowest BCUT2D eigenvalue weighted by atomic mass is 9.91. The molecule has 5 N–H and O–H groups in total. The number of nitrogens with one attached hydrogen (secondary N) is 1. The minimum absolute atomic E-state index is 0.0931. The number of carbonyl (C=O) groups excluding carboxylic acids is 1. The molecule has 1 saturated heterocycles. The molecule has 13 heteroatoms. The van der Waals surface area contributed by atoms with Crippen LogP contribution in [0, 0.1) is 0 Å². The molecule has 11 nitrogen and oxygen atoms in total. The van der Waals surface area contributed by atoms with Gasteiger partial charge in [-0.05, 0) is 49.6 Å². The summed E-state index contributed by atoms with van der Waals surface area (Å²) in [6.07, 6.45) is 6.54. The topological polar surface area (TPSA) is 156 Å². The van der Waals surface area contributed by atoms with E-state index in [0.717, 1.165) is 31.7 Å². The van der Waals surface area contributed by atoms with Crippen molar-refractivity contribution in [1.82, 2.24) is 14.5 Å². The fourth-order valence-corrected chi connectivity index (χ4v) is 5.81. The molecule has 0 radical (unpaired) electrons. The lowest BCUT2D eigenvalue weighted by molar-refractivity contribution is 0.102. The molecule has 1 amide bonds. The summed E-state index contributed by atoms with van der Waals surface area (Å²) >= 11 is 7.95. The average Bonchev–Trinajstić information content (AvgIpc) is 2.98. The third kappa shape index (κ3) is 6.41. The molecular formula is C30H31ClN6O5S. The van der Waals surface area contributed by atoms with Crippen molar-refractivity contribution in [2.24, 2.45) is 12.8 Å². The first kappa shape index (κ1) is 30.2. The van der Waals surface area contributed by atoms with Crippen LogP contribution in [-0.4, -0.2) is 56.4 Å². The molecule has 0 saturated carbocycles. The van der Waals surface area contributed by atoms with Gasteiger partial charge in [0.05, 0.1) is 30.2 Å². The van der Waals surface area contributed by atoms with E-state index in [1.165, 1.54) is 54.9 Å². The van der Waals surface area contributed by atoms with E-state index >= 15 is 0 Å². The van der Waals surface area contributed by atoms with Gasteiger partial charge < -0.3 is 35.5 Å². The van der Waals surface area contributed by atoms with Crippen molar-refractivity contribution < 1.29 is 19.7 Å². The van der Waals surface area contributed by atoms with Crippen LogP contribution in [0.2, 0.25) is 5.02 Å². The lowest BCUT2D eigenvalue weighted by Crippen LogP contribution is -2.48. The normalized spacial score (nSPS) is 14.4. The molecule has 4 aromatic rings. The van der Waals surface area contributed by atoms with Gasteiger partial charge in [0, 0.05) is 42.3 Å². The number of phenols is 1. The Bertz CT molecular complexity index is 1730. The molecule has 3 heterocycles. The molecule has 0 aliphatic carbocycles. The number of hydrogen-bond acceptors (Lipinski definition) is 10. The van der Waals surface area contributed by atoms with Crippen LogP contribution in [0.15, 0.2) is 69.7 Å². The molecule has 0 spiro atoms. The first-order chi connectivity index (χ1) is 20.5. The second kappa shape index (κ2) is 12.2. The molecule has 1 fully saturated rings. The number of nitrogens with zero attached hydrogens (tertiary/aromatic N) is 4. The van der Waals surface area contributed by atoms with Crippen LogP contribution in [0.4, 0.5) is 11.5 Å². The molecule has 224 valence electrons. The zero-order chi connectivity index (χ0) is 30.9. The minimum atomic E-state index is -0.839. The summed E-state index contributed by atoms with van der Waals surface area (Å²) in [5.41, 5.74) is 5.79. The van der Waals surface area contributed by atoms with Crippen molar-refractivity contribution in [2.75, 3.05) is 30.4 Å². The Hall–Kier alpha value is -4.26. The molecule has 1 aliphatic rings. The van der Waals surface area contributed by atoms with Crippen LogP contribution in [0.3, 0.4) is 0 Å². The number of halogens is 1. The zero-order valence-electron chi connectivity index (χ0n) is 23.8. The number of nitrogens with two attached hydrogens (primary N) is 1. The fraction of sp³-hybridized carbons (Fsp3) is 0.267. The predicted octanol–water partition coefficient (Wildman–Crippen LogP) is 4.64. The van der Waals surface area contributed by atoms with Gasteiger partial charge in [0.15, 0.2) is 11.5 Å². The number of piperidine rings is 1. The van der Waals surface area contributed by atoms with E-state index in [-0.39, 0.29) is 33.3 Å². The summed E-state index contributed by atoms with van der Waals surface area (Å²) < 4.78 is 6.35. The number of ether oxygens (including phenoxy) is 1. The van der Waals surface area contributed by atoms with Crippen LogP contribution in [0.5, 0.6) is 17.2 Å². The number of aromatic hydroxyl groups is 2. The van der Waals surface area contributed by atoms with Crippen molar-refractivity contribution in [1.29, 1.82) is 0 Å². The maximum absolute atomic E-state index is 13.4. The van der Waals surface area contributed by atoms with Crippen molar-refractivity contribution in [2.45, 2.75) is 35.2 Å². The van der Waals surface area contributed by atoms with Crippen LogP contribution in [-0.2, 0) is 7.05 Å². The van der Waals surface area contributed by atoms with E-state index in [4.69, 9.17) is 22.1 Å². The number of amides is 1. The summed E-state index contributed by atoms with van der Waals surface area (Å²) in [5, 5.41) is 24.5. The molecule has 2 aromatic heterocycles. The van der Waals surface area contributed by atoms with Gasteiger partial charge in [0.25, 0.3) is 11.5 Å². The number of carbonyl (C=O) groups is 1. The highest BCUT2D eigenvalue weighted by molar-refractivity contribution is 7.99. The number of hydrogen-bond donors (Lipinski definition) is 4. The Labute approximate surface area is 257 Å². The predicted molar refractivity (Wildman–Crippen MR) is 167 cm³/mol. The van der Waals surface area contributed by atoms with Crippen LogP contribution >= 0.6 is 23.4 Å². The SMILES string of the molecule is COc1cc(-c2cn(C)c(=O)c(C(=O)Nc3cccc(Sc4cnc(N5CCC(C)(N)CC5)cn4)c3Cl)c2O)ccc1O. The van der Waals surface area contributed by atoms with E-state index < -0.39 is 22.8 Å². The van der Waals surface area contributed by atoms with Crippen LogP contribution < -0.4 is 26.2 Å². The summed E-state index contributed by atoms with van der Waals surface area (Å²) in [6, 6.07) is 9.50. The highest BCUT2D eigenvalue weighted by Crippen LogP contribution is 2.39. The van der Waals surface area contributed by atoms with Gasteiger partial charge >= 0.3 is 0 Å². The molecule has 43 heavy (non-hydrogen) atoms. The Balaban J connectivity index is 1.36. The molecule has 0 unspecified atom stereocenters. The van der Waals surface area contributed by atoms with Gasteiger partial charge in [0.1, 0.15) is 22.2 Å². The van der Waals surface area contributed by atoms with Gasteiger partial charge in [-0.2, -0.15) is 0 Å². The molecule has 1 aliphatic heterocycles. The Morgan fingerprint density at radius 2 is 1.91 bits per heavy atom. The van der Waals surface area contributed by atoms with Gasteiger partial charge in [-0.1, -0.05) is 35.5 Å². The second-order valence-corrected chi connectivity index (χ2v) is 12.0. The van der Waals surface area contributed by atoms with E-state index in [2.05, 4.69) is 27.1 Å². The fourth-order valence-electron chi connectivity index (χ4n) is 4.74. The van der Waals surface area contributed by atoms with E-state index in [0.29, 0.717) is 15.5 Å². The molecule has 0 atom stereocenters. The molecule has 5 rings (SSSR count). The summed E-state index contributed by atoms with van der Waals surface area (Å²) in [5.74, 6) is -0.502. The first-order valence-corrected chi connectivity index (χ1v) is 14.6. The quantitative estimate of drug-likeness (QED) is 0.229. The smallest absolute Gasteiger partial charge is 0.267 e. The number of rotatable bonds is 7. The monoisotopic (exact) mass is 622 g/mol. The maximum atomic E-state index is 13.4. The molecular weight excluding hydrogens is 592 g/mol. The maximum Gasteiger partial charge on any atom is 0.267 e. The average molecular weight is 623 g/mol. The minimum Gasteiger partial charge on any atom is -0.506 e. The van der Waals surface area contributed by atoms with Gasteiger partial charge in [-0.3, -0.25) is 9.59 Å². The summed E-state index contributed by atoms with van der Waals surface area (Å²) in [6.45, 7) is 3.68. The van der Waals surface area contributed by atoms with E-state index in [1.807, 2.05) is 0 Å². The number of benzene rings is 2. The summed E-state index contributed by atoms with van der Waals surface area (Å²) in [7, 11) is 2.86. The van der Waals surface area contributed by atoms with Crippen molar-refractivity contribution in [3.63, 3.8) is 0 Å². The van der Waals surface area contributed by atoms with Crippen LogP contribution in [0.1, 0.15) is 30.1 Å². The highest BCUT2D eigenvalue weighted by Gasteiger charge is 2.27. The number of methoxy groups -OCH3 is 1. The Morgan fingerprint density at radius 1 is 1.16 bits per heavy atom. The highest BCUT2D eigenvalue weighted by atomic mass is 35.5. The third-order valence-corrected chi connectivity index (χ3v) is 8.84. The number of pyridine rings is 1. The largest absolute Gasteiger partial charge is 0.506 e.